The van der Waals surface area contributed by atoms with Gasteiger partial charge in [-0.05, 0) is 58.2 Å². The van der Waals surface area contributed by atoms with Gasteiger partial charge in [-0.3, -0.25) is 4.98 Å². The van der Waals surface area contributed by atoms with Gasteiger partial charge in [0, 0.05) is 11.7 Å². The molecule has 1 atom stereocenters. The molecule has 0 aliphatic carbocycles. The van der Waals surface area contributed by atoms with Gasteiger partial charge in [0.15, 0.2) is 0 Å². The van der Waals surface area contributed by atoms with E-state index >= 15 is 0 Å². The molecule has 1 unspecified atom stereocenters. The molecule has 18 heavy (non-hydrogen) atoms. The summed E-state index contributed by atoms with van der Waals surface area (Å²) in [5.74, 6) is 1.36. The maximum atomic E-state index is 5.48. The third kappa shape index (κ3) is 5.50. The van der Waals surface area contributed by atoms with Crippen LogP contribution < -0.4 is 10.1 Å². The summed E-state index contributed by atoms with van der Waals surface area (Å²) in [7, 11) is 0. The molecule has 0 bridgehead atoms. The molecule has 1 N–H and O–H groups in total. The minimum atomic E-state index is 0.186. The molecule has 1 aromatic rings. The lowest BCUT2D eigenvalue weighted by Crippen LogP contribution is -2.36. The summed E-state index contributed by atoms with van der Waals surface area (Å²) in [6.07, 6.45) is 4.81. The van der Waals surface area contributed by atoms with E-state index in [0.29, 0.717) is 12.5 Å². The number of hydrogen-bond acceptors (Lipinski definition) is 3. The van der Waals surface area contributed by atoms with Gasteiger partial charge in [0.05, 0.1) is 12.8 Å². The van der Waals surface area contributed by atoms with E-state index in [-0.39, 0.29) is 5.54 Å². The van der Waals surface area contributed by atoms with Gasteiger partial charge in [-0.2, -0.15) is 0 Å². The minimum Gasteiger partial charge on any atom is -0.492 e. The molecule has 3 nitrogen and oxygen atoms in total. The van der Waals surface area contributed by atoms with Crippen LogP contribution in [0, 0.1) is 0 Å². The Bertz CT molecular complexity index is 358. The highest BCUT2D eigenvalue weighted by Crippen LogP contribution is 2.21. The van der Waals surface area contributed by atoms with Crippen LogP contribution in [-0.4, -0.2) is 23.7 Å². The Morgan fingerprint density at radius 1 is 1.33 bits per heavy atom. The van der Waals surface area contributed by atoms with Gasteiger partial charge < -0.3 is 10.1 Å². The minimum absolute atomic E-state index is 0.186. The summed E-state index contributed by atoms with van der Waals surface area (Å²) in [5.41, 5.74) is 1.43. The Hall–Kier alpha value is -1.09. The van der Waals surface area contributed by atoms with E-state index < -0.39 is 0 Å². The van der Waals surface area contributed by atoms with Crippen LogP contribution in [-0.2, 0) is 0 Å². The normalized spacial score (nSPS) is 13.4. The van der Waals surface area contributed by atoms with Crippen molar-refractivity contribution in [3.8, 4) is 5.75 Å². The molecule has 0 fully saturated rings. The van der Waals surface area contributed by atoms with Gasteiger partial charge in [0.1, 0.15) is 5.75 Å². The summed E-state index contributed by atoms with van der Waals surface area (Å²) < 4.78 is 5.48. The van der Waals surface area contributed by atoms with Crippen LogP contribution in [0.25, 0.3) is 0 Å². The maximum absolute atomic E-state index is 5.48. The fourth-order valence-electron chi connectivity index (χ4n) is 1.78. The topological polar surface area (TPSA) is 34.1 Å². The molecule has 0 saturated heterocycles. The van der Waals surface area contributed by atoms with Crippen LogP contribution in [0.3, 0.4) is 0 Å². The van der Waals surface area contributed by atoms with Crippen molar-refractivity contribution in [1.29, 1.82) is 0 Å². The molecule has 0 amide bonds. The molecule has 1 rings (SSSR count). The largest absolute Gasteiger partial charge is 0.492 e. The van der Waals surface area contributed by atoms with Gasteiger partial charge in [0.2, 0.25) is 0 Å². The van der Waals surface area contributed by atoms with Gasteiger partial charge in [0.25, 0.3) is 0 Å². The van der Waals surface area contributed by atoms with Gasteiger partial charge in [-0.1, -0.05) is 6.92 Å². The predicted octanol–water partition coefficient (Wildman–Crippen LogP) is 3.36. The summed E-state index contributed by atoms with van der Waals surface area (Å²) >= 11 is 0. The fourth-order valence-corrected chi connectivity index (χ4v) is 1.78. The number of pyridine rings is 1. The predicted molar refractivity (Wildman–Crippen MR) is 76.2 cm³/mol. The van der Waals surface area contributed by atoms with Crippen molar-refractivity contribution in [2.45, 2.75) is 52.5 Å². The zero-order valence-corrected chi connectivity index (χ0v) is 12.3. The summed E-state index contributed by atoms with van der Waals surface area (Å²) in [4.78, 5) is 4.24. The first-order valence-electron chi connectivity index (χ1n) is 6.75. The third-order valence-electron chi connectivity index (χ3n) is 2.85. The lowest BCUT2D eigenvalue weighted by Gasteiger charge is -2.22. The summed E-state index contributed by atoms with van der Waals surface area (Å²) in [5, 5.41) is 3.51. The molecule has 1 heterocycles. The van der Waals surface area contributed by atoms with Crippen molar-refractivity contribution in [3.05, 3.63) is 24.0 Å². The van der Waals surface area contributed by atoms with Gasteiger partial charge >= 0.3 is 0 Å². The van der Waals surface area contributed by atoms with Crippen molar-refractivity contribution in [3.63, 3.8) is 0 Å². The number of nitrogens with zero attached hydrogens (tertiary/aromatic N) is 1. The summed E-state index contributed by atoms with van der Waals surface area (Å²) in [6.45, 7) is 12.5. The first-order chi connectivity index (χ1) is 8.42. The number of aromatic nitrogens is 1. The molecular weight excluding hydrogens is 224 g/mol. The Kier molecular flexibility index (Phi) is 5.60. The van der Waals surface area contributed by atoms with Crippen molar-refractivity contribution >= 4 is 0 Å². The van der Waals surface area contributed by atoms with Crippen LogP contribution in [0.4, 0.5) is 0 Å². The van der Waals surface area contributed by atoms with Crippen LogP contribution in [0.2, 0.25) is 0 Å². The molecule has 0 aromatic carbocycles. The molecule has 0 radical (unpaired) electrons. The van der Waals surface area contributed by atoms with E-state index in [9.17, 15) is 0 Å². The average Bonchev–Trinajstić information content (AvgIpc) is 2.28. The molecule has 0 saturated carbocycles. The van der Waals surface area contributed by atoms with Crippen molar-refractivity contribution in [1.82, 2.24) is 10.3 Å². The van der Waals surface area contributed by atoms with E-state index in [1.807, 2.05) is 13.1 Å². The monoisotopic (exact) mass is 250 g/mol. The standard InChI is InChI=1S/C15H26N2O/c1-6-18-14-9-13(10-16-11-14)12(2)7-8-17-15(3,4)5/h9-12,17H,6-8H2,1-5H3. The maximum Gasteiger partial charge on any atom is 0.137 e. The van der Waals surface area contributed by atoms with Crippen molar-refractivity contribution < 1.29 is 4.74 Å². The zero-order chi connectivity index (χ0) is 13.6. The van der Waals surface area contributed by atoms with Gasteiger partial charge in [-0.15, -0.1) is 0 Å². The van der Waals surface area contributed by atoms with Crippen molar-refractivity contribution in [2.24, 2.45) is 0 Å². The van der Waals surface area contributed by atoms with Gasteiger partial charge in [-0.25, -0.2) is 0 Å². The van der Waals surface area contributed by atoms with E-state index in [4.69, 9.17) is 4.74 Å². The quantitative estimate of drug-likeness (QED) is 0.840. The van der Waals surface area contributed by atoms with E-state index in [1.165, 1.54) is 5.56 Å². The zero-order valence-electron chi connectivity index (χ0n) is 12.3. The van der Waals surface area contributed by atoms with E-state index in [0.717, 1.165) is 18.7 Å². The number of rotatable bonds is 6. The fraction of sp³-hybridized carbons (Fsp3) is 0.667. The first-order valence-corrected chi connectivity index (χ1v) is 6.75. The Morgan fingerprint density at radius 3 is 2.67 bits per heavy atom. The van der Waals surface area contributed by atoms with Crippen LogP contribution in [0.1, 0.15) is 52.5 Å². The average molecular weight is 250 g/mol. The van der Waals surface area contributed by atoms with Crippen LogP contribution in [0.15, 0.2) is 18.5 Å². The molecule has 102 valence electrons. The molecular formula is C15H26N2O. The highest BCUT2D eigenvalue weighted by molar-refractivity contribution is 5.25. The molecule has 0 aliphatic heterocycles. The number of hydrogen-bond donors (Lipinski definition) is 1. The Morgan fingerprint density at radius 2 is 2.06 bits per heavy atom. The Labute approximate surface area is 111 Å². The molecule has 3 heteroatoms. The SMILES string of the molecule is CCOc1cncc(C(C)CCNC(C)(C)C)c1. The number of ether oxygens (including phenoxy) is 1. The second kappa shape index (κ2) is 6.74. The Balaban J connectivity index is 2.50. The van der Waals surface area contributed by atoms with E-state index in [2.05, 4.69) is 44.1 Å². The lowest BCUT2D eigenvalue weighted by atomic mass is 9.98. The third-order valence-corrected chi connectivity index (χ3v) is 2.85. The number of nitrogens with one attached hydrogen (secondary N) is 1. The molecule has 0 spiro atoms. The van der Waals surface area contributed by atoms with Crippen LogP contribution >= 0.6 is 0 Å². The van der Waals surface area contributed by atoms with Crippen LogP contribution in [0.5, 0.6) is 5.75 Å². The highest BCUT2D eigenvalue weighted by Gasteiger charge is 2.11. The van der Waals surface area contributed by atoms with E-state index in [1.54, 1.807) is 6.20 Å². The second-order valence-corrected chi connectivity index (χ2v) is 5.75. The second-order valence-electron chi connectivity index (χ2n) is 5.75. The molecule has 1 aromatic heterocycles. The first kappa shape index (κ1) is 15.0. The lowest BCUT2D eigenvalue weighted by molar-refractivity contribution is 0.338. The van der Waals surface area contributed by atoms with Crippen molar-refractivity contribution in [2.75, 3.05) is 13.2 Å². The molecule has 0 aliphatic rings. The smallest absolute Gasteiger partial charge is 0.137 e. The summed E-state index contributed by atoms with van der Waals surface area (Å²) in [6, 6.07) is 2.10. The highest BCUT2D eigenvalue weighted by atomic mass is 16.5.